The lowest BCUT2D eigenvalue weighted by molar-refractivity contribution is 0.669. The van der Waals surface area contributed by atoms with Crippen molar-refractivity contribution in [3.8, 4) is 39.1 Å². The summed E-state index contributed by atoms with van der Waals surface area (Å²) in [6, 6.07) is 78.9. The van der Waals surface area contributed by atoms with Crippen molar-refractivity contribution in [3.63, 3.8) is 0 Å². The fraction of sp³-hybridized carbons (Fsp3) is 0.0159. The Bertz CT molecular complexity index is 3850. The van der Waals surface area contributed by atoms with Crippen molar-refractivity contribution < 1.29 is 4.42 Å². The van der Waals surface area contributed by atoms with E-state index in [1.54, 1.807) is 0 Å². The minimum Gasteiger partial charge on any atom is -0.456 e. The molecule has 0 amide bonds. The van der Waals surface area contributed by atoms with Crippen molar-refractivity contribution in [1.29, 1.82) is 0 Å². The summed E-state index contributed by atoms with van der Waals surface area (Å²) in [5.74, 6) is 0. The van der Waals surface area contributed by atoms with Gasteiger partial charge in [0.15, 0.2) is 0 Å². The lowest BCUT2D eigenvalue weighted by Gasteiger charge is -2.28. The number of anilines is 3. The highest BCUT2D eigenvalue weighted by Crippen LogP contribution is 2.43. The first-order valence-electron chi connectivity index (χ1n) is 22.5. The summed E-state index contributed by atoms with van der Waals surface area (Å²) in [4.78, 5) is 2.40. The van der Waals surface area contributed by atoms with Gasteiger partial charge in [-0.1, -0.05) is 170 Å². The van der Waals surface area contributed by atoms with Crippen LogP contribution in [-0.2, 0) is 0 Å². The number of allylic oxidation sites excluding steroid dienone is 2. The zero-order valence-corrected chi connectivity index (χ0v) is 36.5. The summed E-state index contributed by atoms with van der Waals surface area (Å²) < 4.78 is 8.61. The quantitative estimate of drug-likeness (QED) is 0.107. The van der Waals surface area contributed by atoms with E-state index < -0.39 is 0 Å². The maximum atomic E-state index is 6.25. The number of hydrogen-bond donors (Lipinski definition) is 0. The molecule has 312 valence electrons. The molecule has 0 radical (unpaired) electrons. The normalized spacial score (nSPS) is 11.7. The number of para-hydroxylation sites is 3. The highest BCUT2D eigenvalue weighted by atomic mass is 16.3. The molecule has 2 aromatic heterocycles. The van der Waals surface area contributed by atoms with Crippen LogP contribution >= 0.6 is 0 Å². The highest BCUT2D eigenvalue weighted by Gasteiger charge is 2.19. The van der Waals surface area contributed by atoms with Gasteiger partial charge in [-0.05, 0) is 129 Å². The minimum absolute atomic E-state index is 0.908. The Morgan fingerprint density at radius 2 is 1.08 bits per heavy atom. The van der Waals surface area contributed by atoms with E-state index in [2.05, 4.69) is 235 Å². The second kappa shape index (κ2) is 16.2. The van der Waals surface area contributed by atoms with E-state index >= 15 is 0 Å². The van der Waals surface area contributed by atoms with Crippen LogP contribution in [0.5, 0.6) is 0 Å². The maximum absolute atomic E-state index is 6.25. The fourth-order valence-electron chi connectivity index (χ4n) is 9.97. The Labute approximate surface area is 384 Å². The summed E-state index contributed by atoms with van der Waals surface area (Å²) in [5.41, 5.74) is 16.8. The number of benzene rings is 10. The molecule has 3 heteroatoms. The van der Waals surface area contributed by atoms with E-state index in [-0.39, 0.29) is 0 Å². The molecule has 10 aromatic carbocycles. The second-order valence-corrected chi connectivity index (χ2v) is 17.0. The van der Waals surface area contributed by atoms with Gasteiger partial charge in [-0.2, -0.15) is 0 Å². The van der Waals surface area contributed by atoms with Gasteiger partial charge in [0.2, 0.25) is 0 Å². The third kappa shape index (κ3) is 6.69. The zero-order valence-electron chi connectivity index (χ0n) is 36.5. The van der Waals surface area contributed by atoms with Gasteiger partial charge in [0.05, 0.1) is 11.2 Å². The Balaban J connectivity index is 0.929. The van der Waals surface area contributed by atoms with Crippen LogP contribution in [0.25, 0.3) is 99.5 Å². The van der Waals surface area contributed by atoms with Crippen molar-refractivity contribution in [2.45, 2.75) is 6.92 Å². The first-order valence-corrected chi connectivity index (χ1v) is 22.5. The van der Waals surface area contributed by atoms with Crippen LogP contribution in [-0.4, -0.2) is 4.57 Å². The maximum Gasteiger partial charge on any atom is 0.136 e. The van der Waals surface area contributed by atoms with Crippen molar-refractivity contribution in [2.24, 2.45) is 0 Å². The molecule has 0 aliphatic carbocycles. The van der Waals surface area contributed by atoms with Crippen LogP contribution < -0.4 is 4.90 Å². The van der Waals surface area contributed by atoms with Gasteiger partial charge >= 0.3 is 0 Å². The Hall–Kier alpha value is -8.66. The van der Waals surface area contributed by atoms with E-state index in [0.717, 1.165) is 61.4 Å². The third-order valence-corrected chi connectivity index (χ3v) is 13.1. The van der Waals surface area contributed by atoms with E-state index in [0.29, 0.717) is 0 Å². The summed E-state index contributed by atoms with van der Waals surface area (Å²) in [7, 11) is 0. The molecule has 66 heavy (non-hydrogen) atoms. The largest absolute Gasteiger partial charge is 0.456 e. The molecule has 3 nitrogen and oxygen atoms in total. The predicted molar refractivity (Wildman–Crippen MR) is 281 cm³/mol. The molecule has 2 heterocycles. The summed E-state index contributed by atoms with van der Waals surface area (Å²) in [6.45, 7) is 6.11. The number of fused-ring (bicyclic) bond motifs is 7. The lowest BCUT2D eigenvalue weighted by atomic mass is 9.96. The van der Waals surface area contributed by atoms with Gasteiger partial charge in [0.25, 0.3) is 0 Å². The van der Waals surface area contributed by atoms with E-state index in [1.807, 2.05) is 24.3 Å². The van der Waals surface area contributed by atoms with Crippen molar-refractivity contribution >= 4 is 77.5 Å². The lowest BCUT2D eigenvalue weighted by Crippen LogP contribution is -2.11. The van der Waals surface area contributed by atoms with Gasteiger partial charge in [-0.15, -0.1) is 0 Å². The van der Waals surface area contributed by atoms with Crippen LogP contribution in [0, 0.1) is 6.92 Å². The predicted octanol–water partition coefficient (Wildman–Crippen LogP) is 17.8. The molecule has 0 N–H and O–H groups in total. The van der Waals surface area contributed by atoms with Crippen molar-refractivity contribution in [1.82, 2.24) is 4.57 Å². The highest BCUT2D eigenvalue weighted by molar-refractivity contribution is 6.10. The summed E-state index contributed by atoms with van der Waals surface area (Å²) in [6.07, 6.45) is 6.00. The molecule has 0 spiro atoms. The van der Waals surface area contributed by atoms with Gasteiger partial charge in [0.1, 0.15) is 11.2 Å². The second-order valence-electron chi connectivity index (χ2n) is 17.0. The standard InChI is InChI=1S/C63H44N2O/c1-3-4-19-53-42(2)64(61-24-12-9-21-57(53)61)51-18-14-17-45(39-51)43-28-32-50(33-29-43)65(60-23-11-8-20-56(60)44-15-6-5-7-16-44)52-34-37-55-49(40-52)27-26-48-38-46(30-35-54(48)55)47-31-36-59-58-22-10-13-25-62(58)66-63(59)41-47/h3-41H,1H2,2H3/b19-4-. The first kappa shape index (κ1) is 39.0. The Kier molecular flexibility index (Phi) is 9.54. The molecule has 0 saturated carbocycles. The van der Waals surface area contributed by atoms with Gasteiger partial charge < -0.3 is 13.9 Å². The molecule has 0 fully saturated rings. The number of nitrogens with zero attached hydrogens (tertiary/aromatic N) is 2. The number of aromatic nitrogens is 1. The molecule has 0 saturated heterocycles. The molecular formula is C63H44N2O. The van der Waals surface area contributed by atoms with Gasteiger partial charge in [0, 0.05) is 50.0 Å². The first-order chi connectivity index (χ1) is 32.6. The van der Waals surface area contributed by atoms with Crippen LogP contribution in [0.4, 0.5) is 17.1 Å². The van der Waals surface area contributed by atoms with Crippen LogP contribution in [0.15, 0.2) is 242 Å². The van der Waals surface area contributed by atoms with Crippen molar-refractivity contribution in [3.05, 3.63) is 248 Å². The molecule has 12 rings (SSSR count). The number of furan rings is 1. The SMILES string of the molecule is C=C/C=C\c1c(C)n(-c2cccc(-c3ccc(N(c4ccc5c(ccc6cc(-c7ccc8c(c7)oc7ccccc78)ccc65)c4)c4ccccc4-c4ccccc4)cc3)c2)c2ccccc12. The van der Waals surface area contributed by atoms with E-state index in [4.69, 9.17) is 4.42 Å². The summed E-state index contributed by atoms with van der Waals surface area (Å²) >= 11 is 0. The average molecular weight is 845 g/mol. The Morgan fingerprint density at radius 1 is 0.455 bits per heavy atom. The molecular weight excluding hydrogens is 801 g/mol. The molecule has 12 aromatic rings. The van der Waals surface area contributed by atoms with Crippen LogP contribution in [0.1, 0.15) is 11.3 Å². The summed E-state index contributed by atoms with van der Waals surface area (Å²) in [5, 5.41) is 8.34. The van der Waals surface area contributed by atoms with Crippen LogP contribution in [0.2, 0.25) is 0 Å². The minimum atomic E-state index is 0.908. The number of rotatable bonds is 9. The Morgan fingerprint density at radius 3 is 1.91 bits per heavy atom. The molecule has 0 atom stereocenters. The van der Waals surface area contributed by atoms with Gasteiger partial charge in [-0.25, -0.2) is 0 Å². The third-order valence-electron chi connectivity index (χ3n) is 13.1. The monoisotopic (exact) mass is 844 g/mol. The van der Waals surface area contributed by atoms with Gasteiger partial charge in [-0.3, -0.25) is 0 Å². The molecule has 0 unspecified atom stereocenters. The molecule has 0 aliphatic rings. The molecule has 0 aliphatic heterocycles. The number of hydrogen-bond acceptors (Lipinski definition) is 2. The van der Waals surface area contributed by atoms with E-state index in [1.165, 1.54) is 60.4 Å². The average Bonchev–Trinajstić information content (AvgIpc) is 3.89. The van der Waals surface area contributed by atoms with E-state index in [9.17, 15) is 0 Å². The molecule has 0 bridgehead atoms. The van der Waals surface area contributed by atoms with Crippen LogP contribution in [0.3, 0.4) is 0 Å². The van der Waals surface area contributed by atoms with Crippen molar-refractivity contribution in [2.75, 3.05) is 4.90 Å². The smallest absolute Gasteiger partial charge is 0.136 e. The topological polar surface area (TPSA) is 21.3 Å². The zero-order chi connectivity index (χ0) is 44.1. The fourth-order valence-corrected chi connectivity index (χ4v) is 9.97.